The topological polar surface area (TPSA) is 49.4 Å². The molecule has 0 amide bonds. The molecule has 15 heavy (non-hydrogen) atoms. The van der Waals surface area contributed by atoms with E-state index in [0.29, 0.717) is 12.6 Å². The highest BCUT2D eigenvalue weighted by molar-refractivity contribution is 7.89. The molecule has 1 unspecified atom stereocenters. The van der Waals surface area contributed by atoms with Crippen molar-refractivity contribution in [2.75, 3.05) is 19.6 Å². The summed E-state index contributed by atoms with van der Waals surface area (Å²) in [6, 6.07) is 0.584. The third kappa shape index (κ3) is 2.71. The Bertz CT molecular complexity index is 305. The highest BCUT2D eigenvalue weighted by atomic mass is 32.2. The predicted octanol–water partition coefficient (Wildman–Crippen LogP) is 0.552. The summed E-state index contributed by atoms with van der Waals surface area (Å²) in [4.78, 5) is 0. The van der Waals surface area contributed by atoms with E-state index in [4.69, 9.17) is 0 Å². The van der Waals surface area contributed by atoms with Crippen LogP contribution < -0.4 is 5.32 Å². The molecule has 88 valence electrons. The molecule has 0 aromatic heterocycles. The standard InChI is InChI=1S/C10H20N2O2S/c1-9(8-11-10-4-5-10)15(13,14)12-6-2-3-7-12/h9-11H,2-8H2,1H3. The van der Waals surface area contributed by atoms with Crippen molar-refractivity contribution in [3.05, 3.63) is 0 Å². The van der Waals surface area contributed by atoms with E-state index in [1.807, 2.05) is 6.92 Å². The minimum Gasteiger partial charge on any atom is -0.313 e. The zero-order chi connectivity index (χ0) is 10.9. The van der Waals surface area contributed by atoms with Gasteiger partial charge in [-0.15, -0.1) is 0 Å². The Morgan fingerprint density at radius 2 is 1.93 bits per heavy atom. The third-order valence-corrected chi connectivity index (χ3v) is 5.47. The van der Waals surface area contributed by atoms with Crippen molar-refractivity contribution >= 4 is 10.0 Å². The molecule has 1 aliphatic carbocycles. The van der Waals surface area contributed by atoms with Gasteiger partial charge in [-0.05, 0) is 32.6 Å². The first-order valence-electron chi connectivity index (χ1n) is 5.83. The molecule has 1 heterocycles. The SMILES string of the molecule is CC(CNC1CC1)S(=O)(=O)N1CCCC1. The Labute approximate surface area is 92.1 Å². The molecule has 5 heteroatoms. The van der Waals surface area contributed by atoms with E-state index in [-0.39, 0.29) is 5.25 Å². The van der Waals surface area contributed by atoms with Crippen LogP contribution in [0.2, 0.25) is 0 Å². The molecule has 1 saturated carbocycles. The molecule has 0 bridgehead atoms. The first-order chi connectivity index (χ1) is 7.10. The molecule has 4 nitrogen and oxygen atoms in total. The van der Waals surface area contributed by atoms with Crippen molar-refractivity contribution < 1.29 is 8.42 Å². The zero-order valence-electron chi connectivity index (χ0n) is 9.28. The Morgan fingerprint density at radius 1 is 1.33 bits per heavy atom. The number of nitrogens with one attached hydrogen (secondary N) is 1. The quantitative estimate of drug-likeness (QED) is 0.753. The number of nitrogens with zero attached hydrogens (tertiary/aromatic N) is 1. The summed E-state index contributed by atoms with van der Waals surface area (Å²) >= 11 is 0. The Morgan fingerprint density at radius 3 is 2.47 bits per heavy atom. The van der Waals surface area contributed by atoms with Gasteiger partial charge in [0.1, 0.15) is 0 Å². The molecule has 1 N–H and O–H groups in total. The van der Waals surface area contributed by atoms with Crippen LogP contribution >= 0.6 is 0 Å². The van der Waals surface area contributed by atoms with Gasteiger partial charge in [0.05, 0.1) is 5.25 Å². The van der Waals surface area contributed by atoms with Crippen LogP contribution in [0, 0.1) is 0 Å². The van der Waals surface area contributed by atoms with Crippen molar-refractivity contribution in [2.45, 2.75) is 43.9 Å². The first kappa shape index (κ1) is 11.4. The van der Waals surface area contributed by atoms with Gasteiger partial charge in [0.25, 0.3) is 0 Å². The fraction of sp³-hybridized carbons (Fsp3) is 1.00. The number of sulfonamides is 1. The van der Waals surface area contributed by atoms with Crippen LogP contribution in [0.1, 0.15) is 32.6 Å². The highest BCUT2D eigenvalue weighted by Gasteiger charge is 2.31. The van der Waals surface area contributed by atoms with E-state index in [1.165, 1.54) is 12.8 Å². The van der Waals surface area contributed by atoms with E-state index < -0.39 is 10.0 Å². The molecule has 1 saturated heterocycles. The van der Waals surface area contributed by atoms with Crippen LogP contribution in [-0.4, -0.2) is 43.6 Å². The van der Waals surface area contributed by atoms with E-state index in [2.05, 4.69) is 5.32 Å². The van der Waals surface area contributed by atoms with Gasteiger partial charge in [-0.2, -0.15) is 0 Å². The van der Waals surface area contributed by atoms with Gasteiger partial charge < -0.3 is 5.32 Å². The Balaban J connectivity index is 1.87. The zero-order valence-corrected chi connectivity index (χ0v) is 10.1. The van der Waals surface area contributed by atoms with E-state index >= 15 is 0 Å². The average Bonchev–Trinajstić information content (AvgIpc) is 2.85. The maximum Gasteiger partial charge on any atom is 0.217 e. The van der Waals surface area contributed by atoms with E-state index in [0.717, 1.165) is 25.9 Å². The maximum absolute atomic E-state index is 12.1. The predicted molar refractivity (Wildman–Crippen MR) is 60.2 cm³/mol. The van der Waals surface area contributed by atoms with Crippen molar-refractivity contribution in [1.82, 2.24) is 9.62 Å². The Hall–Kier alpha value is -0.130. The van der Waals surface area contributed by atoms with E-state index in [9.17, 15) is 8.42 Å². The lowest BCUT2D eigenvalue weighted by Crippen LogP contribution is -2.41. The monoisotopic (exact) mass is 232 g/mol. The molecular weight excluding hydrogens is 212 g/mol. The summed E-state index contributed by atoms with van der Waals surface area (Å²) in [7, 11) is -3.04. The minimum absolute atomic E-state index is 0.281. The minimum atomic E-state index is -3.04. The molecule has 1 atom stereocenters. The average molecular weight is 232 g/mol. The summed E-state index contributed by atoms with van der Waals surface area (Å²) in [6.07, 6.45) is 4.44. The first-order valence-corrected chi connectivity index (χ1v) is 7.33. The van der Waals surface area contributed by atoms with Crippen molar-refractivity contribution in [1.29, 1.82) is 0 Å². The lowest BCUT2D eigenvalue weighted by Gasteiger charge is -2.21. The normalized spacial score (nSPS) is 25.7. The van der Waals surface area contributed by atoms with Gasteiger partial charge in [-0.3, -0.25) is 0 Å². The van der Waals surface area contributed by atoms with Crippen LogP contribution in [0.15, 0.2) is 0 Å². The molecule has 0 spiro atoms. The summed E-state index contributed by atoms with van der Waals surface area (Å²) in [6.45, 7) is 3.85. The Kier molecular flexibility index (Phi) is 3.33. The number of rotatable bonds is 5. The summed E-state index contributed by atoms with van der Waals surface area (Å²) in [5.41, 5.74) is 0. The van der Waals surface area contributed by atoms with Crippen LogP contribution in [-0.2, 0) is 10.0 Å². The van der Waals surface area contributed by atoms with Gasteiger partial charge in [0.15, 0.2) is 0 Å². The summed E-state index contributed by atoms with van der Waals surface area (Å²) in [5, 5.41) is 3.00. The van der Waals surface area contributed by atoms with Gasteiger partial charge in [0.2, 0.25) is 10.0 Å². The second-order valence-electron chi connectivity index (χ2n) is 4.64. The maximum atomic E-state index is 12.1. The molecule has 0 aromatic carbocycles. The van der Waals surface area contributed by atoms with Crippen molar-refractivity contribution in [3.8, 4) is 0 Å². The molecule has 2 rings (SSSR count). The van der Waals surface area contributed by atoms with Crippen LogP contribution in [0.3, 0.4) is 0 Å². The molecule has 2 fully saturated rings. The van der Waals surface area contributed by atoms with Gasteiger partial charge in [-0.1, -0.05) is 0 Å². The summed E-state index contributed by atoms with van der Waals surface area (Å²) < 4.78 is 25.7. The van der Waals surface area contributed by atoms with Crippen LogP contribution in [0.25, 0.3) is 0 Å². The van der Waals surface area contributed by atoms with Gasteiger partial charge in [0, 0.05) is 25.7 Å². The number of hydrogen-bond donors (Lipinski definition) is 1. The molecule has 2 aliphatic rings. The molecular formula is C10H20N2O2S. The van der Waals surface area contributed by atoms with Gasteiger partial charge in [-0.25, -0.2) is 12.7 Å². The van der Waals surface area contributed by atoms with Crippen LogP contribution in [0.4, 0.5) is 0 Å². The fourth-order valence-electron chi connectivity index (χ4n) is 1.92. The van der Waals surface area contributed by atoms with E-state index in [1.54, 1.807) is 4.31 Å². The molecule has 0 aromatic rings. The molecule has 0 radical (unpaired) electrons. The van der Waals surface area contributed by atoms with Crippen LogP contribution in [0.5, 0.6) is 0 Å². The largest absolute Gasteiger partial charge is 0.313 e. The lowest BCUT2D eigenvalue weighted by molar-refractivity contribution is 0.463. The smallest absolute Gasteiger partial charge is 0.217 e. The summed E-state index contributed by atoms with van der Waals surface area (Å²) in [5.74, 6) is 0. The third-order valence-electron chi connectivity index (χ3n) is 3.20. The fourth-order valence-corrected chi connectivity index (χ4v) is 3.51. The molecule has 1 aliphatic heterocycles. The van der Waals surface area contributed by atoms with Crippen molar-refractivity contribution in [2.24, 2.45) is 0 Å². The second kappa shape index (κ2) is 4.39. The highest BCUT2D eigenvalue weighted by Crippen LogP contribution is 2.20. The number of hydrogen-bond acceptors (Lipinski definition) is 3. The van der Waals surface area contributed by atoms with Crippen molar-refractivity contribution in [3.63, 3.8) is 0 Å². The second-order valence-corrected chi connectivity index (χ2v) is 7.00. The van der Waals surface area contributed by atoms with Gasteiger partial charge >= 0.3 is 0 Å². The lowest BCUT2D eigenvalue weighted by atomic mass is 10.4.